The van der Waals surface area contributed by atoms with Crippen LogP contribution in [0.3, 0.4) is 0 Å². The molecule has 0 aromatic rings. The molecule has 3 aliphatic heterocycles. The van der Waals surface area contributed by atoms with E-state index in [1.807, 2.05) is 0 Å². The second-order valence-corrected chi connectivity index (χ2v) is 8.26. The summed E-state index contributed by atoms with van der Waals surface area (Å²) in [5, 5.41) is 8.27. The first-order chi connectivity index (χ1) is 10.0. The summed E-state index contributed by atoms with van der Waals surface area (Å²) >= 11 is 0. The maximum atomic E-state index is 2.79. The van der Waals surface area contributed by atoms with Crippen LogP contribution in [0, 0.1) is 5.92 Å². The van der Waals surface area contributed by atoms with Gasteiger partial charge in [0.25, 0.3) is 0 Å². The third-order valence-electron chi connectivity index (χ3n) is 6.40. The molecule has 21 heavy (non-hydrogen) atoms. The number of nitrogens with zero attached hydrogens (tertiary/aromatic N) is 3. The highest BCUT2D eigenvalue weighted by atomic mass is 15.9. The molecule has 3 heterocycles. The van der Waals surface area contributed by atoms with Gasteiger partial charge in [-0.2, -0.15) is 5.12 Å². The number of rotatable bonds is 2. The number of fused-ring (bicyclic) bond motifs is 3. The molecule has 2 unspecified atom stereocenters. The quantitative estimate of drug-likeness (QED) is 0.760. The van der Waals surface area contributed by atoms with E-state index in [9.17, 15) is 0 Å². The monoisotopic (exact) mass is 293 g/mol. The molecule has 3 rings (SSSR count). The number of hydrogen-bond acceptors (Lipinski definition) is 3. The van der Waals surface area contributed by atoms with E-state index in [-0.39, 0.29) is 5.54 Å². The maximum absolute atomic E-state index is 2.79. The van der Waals surface area contributed by atoms with E-state index >= 15 is 0 Å². The van der Waals surface area contributed by atoms with Crippen molar-refractivity contribution in [3.8, 4) is 0 Å². The van der Waals surface area contributed by atoms with E-state index in [0.29, 0.717) is 5.92 Å². The van der Waals surface area contributed by atoms with E-state index in [1.165, 1.54) is 64.5 Å². The zero-order chi connectivity index (χ0) is 15.0. The van der Waals surface area contributed by atoms with Gasteiger partial charge in [0, 0.05) is 30.7 Å². The van der Waals surface area contributed by atoms with Crippen molar-refractivity contribution in [3.05, 3.63) is 0 Å². The Kier molecular flexibility index (Phi) is 4.63. The van der Waals surface area contributed by atoms with Crippen LogP contribution in [-0.2, 0) is 0 Å². The van der Waals surface area contributed by atoms with E-state index in [4.69, 9.17) is 0 Å². The summed E-state index contributed by atoms with van der Waals surface area (Å²) in [5.41, 5.74) is 0.226. The van der Waals surface area contributed by atoms with Crippen molar-refractivity contribution in [3.63, 3.8) is 0 Å². The average Bonchev–Trinajstić information content (AvgIpc) is 2.72. The van der Waals surface area contributed by atoms with Gasteiger partial charge < -0.3 is 0 Å². The highest BCUT2D eigenvalue weighted by molar-refractivity contribution is 4.98. The number of hydrazine groups is 2. The Bertz CT molecular complexity index is 352. The van der Waals surface area contributed by atoms with Crippen molar-refractivity contribution >= 4 is 0 Å². The maximum Gasteiger partial charge on any atom is 0.0481 e. The molecule has 3 fully saturated rings. The summed E-state index contributed by atoms with van der Waals surface area (Å²) in [6, 6.07) is 1.57. The van der Waals surface area contributed by atoms with Crippen LogP contribution in [0.1, 0.15) is 79.1 Å². The SMILES string of the molecule is CC(C)C(C)(C)N1N2CCCCCCC2C2CCCCN21. The van der Waals surface area contributed by atoms with Crippen LogP contribution in [0.25, 0.3) is 0 Å². The first-order valence-corrected chi connectivity index (χ1v) is 9.37. The van der Waals surface area contributed by atoms with Crippen molar-refractivity contribution in [1.29, 1.82) is 0 Å². The summed E-state index contributed by atoms with van der Waals surface area (Å²) in [6.45, 7) is 12.2. The molecular weight excluding hydrogens is 258 g/mol. The van der Waals surface area contributed by atoms with Gasteiger partial charge in [-0.15, -0.1) is 0 Å². The molecule has 2 atom stereocenters. The lowest BCUT2D eigenvalue weighted by molar-refractivity contribution is -0.215. The van der Waals surface area contributed by atoms with E-state index in [2.05, 4.69) is 42.8 Å². The first kappa shape index (κ1) is 15.8. The van der Waals surface area contributed by atoms with Crippen molar-refractivity contribution in [2.24, 2.45) is 5.92 Å². The molecule has 0 aromatic carbocycles. The molecule has 0 amide bonds. The average molecular weight is 293 g/mol. The van der Waals surface area contributed by atoms with Gasteiger partial charge in [-0.05, 0) is 45.4 Å². The second kappa shape index (κ2) is 6.17. The molecule has 3 aliphatic rings. The molecule has 0 spiro atoms. The van der Waals surface area contributed by atoms with Gasteiger partial charge in [0.05, 0.1) is 0 Å². The molecule has 0 aromatic heterocycles. The highest BCUT2D eigenvalue weighted by Gasteiger charge is 2.51. The smallest absolute Gasteiger partial charge is 0.0481 e. The lowest BCUT2D eigenvalue weighted by atomic mass is 9.91. The Morgan fingerprint density at radius 1 is 0.762 bits per heavy atom. The fourth-order valence-corrected chi connectivity index (χ4v) is 4.53. The molecule has 3 nitrogen and oxygen atoms in total. The molecule has 0 saturated carbocycles. The zero-order valence-corrected chi connectivity index (χ0v) is 14.6. The summed E-state index contributed by atoms with van der Waals surface area (Å²) in [5.74, 6) is 0.671. The predicted molar refractivity (Wildman–Crippen MR) is 88.7 cm³/mol. The third-order valence-corrected chi connectivity index (χ3v) is 6.40. The Morgan fingerprint density at radius 2 is 1.24 bits per heavy atom. The highest BCUT2D eigenvalue weighted by Crippen LogP contribution is 2.41. The molecule has 0 aliphatic carbocycles. The van der Waals surface area contributed by atoms with Crippen LogP contribution in [0.4, 0.5) is 0 Å². The van der Waals surface area contributed by atoms with Gasteiger partial charge in [0.15, 0.2) is 0 Å². The van der Waals surface area contributed by atoms with Crippen LogP contribution < -0.4 is 0 Å². The molecule has 0 N–H and O–H groups in total. The van der Waals surface area contributed by atoms with Gasteiger partial charge >= 0.3 is 0 Å². The van der Waals surface area contributed by atoms with Crippen molar-refractivity contribution in [2.45, 2.75) is 96.7 Å². The topological polar surface area (TPSA) is 9.72 Å². The molecule has 122 valence electrons. The van der Waals surface area contributed by atoms with Crippen LogP contribution in [-0.4, -0.2) is 45.8 Å². The summed E-state index contributed by atoms with van der Waals surface area (Å²) in [6.07, 6.45) is 11.3. The van der Waals surface area contributed by atoms with Gasteiger partial charge in [-0.3, -0.25) is 0 Å². The summed E-state index contributed by atoms with van der Waals surface area (Å²) in [4.78, 5) is 0. The largest absolute Gasteiger partial charge is 0.223 e. The van der Waals surface area contributed by atoms with E-state index in [1.54, 1.807) is 0 Å². The minimum atomic E-state index is 0.226. The van der Waals surface area contributed by atoms with Crippen molar-refractivity contribution in [1.82, 2.24) is 15.1 Å². The van der Waals surface area contributed by atoms with Gasteiger partial charge in [0.1, 0.15) is 0 Å². The lowest BCUT2D eigenvalue weighted by Crippen LogP contribution is -2.60. The minimum absolute atomic E-state index is 0.226. The predicted octanol–water partition coefficient (Wildman–Crippen LogP) is 4.06. The normalized spacial score (nSPS) is 33.6. The van der Waals surface area contributed by atoms with Crippen LogP contribution in [0.2, 0.25) is 0 Å². The van der Waals surface area contributed by atoms with Crippen LogP contribution in [0.5, 0.6) is 0 Å². The number of piperidine rings is 1. The molecular formula is C18H35N3. The summed E-state index contributed by atoms with van der Waals surface area (Å²) < 4.78 is 0. The standard InChI is InChI=1S/C18H35N3/c1-15(2)18(3,4)21-19-13-9-6-5-7-11-16(19)17-12-8-10-14-20(17)21/h15-17H,5-14H2,1-4H3. The molecule has 3 heteroatoms. The zero-order valence-electron chi connectivity index (χ0n) is 14.6. The van der Waals surface area contributed by atoms with Gasteiger partial charge in [-0.1, -0.05) is 39.5 Å². The fraction of sp³-hybridized carbons (Fsp3) is 1.00. The lowest BCUT2D eigenvalue weighted by Gasteiger charge is -2.49. The van der Waals surface area contributed by atoms with Crippen molar-refractivity contribution < 1.29 is 0 Å². The number of hydrogen-bond donors (Lipinski definition) is 0. The van der Waals surface area contributed by atoms with E-state index < -0.39 is 0 Å². The first-order valence-electron chi connectivity index (χ1n) is 9.37. The van der Waals surface area contributed by atoms with Crippen LogP contribution in [0.15, 0.2) is 0 Å². The third kappa shape index (κ3) is 2.77. The molecule has 0 bridgehead atoms. The van der Waals surface area contributed by atoms with E-state index in [0.717, 1.165) is 12.1 Å². The Hall–Kier alpha value is -0.120. The molecule has 0 radical (unpaired) electrons. The Morgan fingerprint density at radius 3 is 1.81 bits per heavy atom. The minimum Gasteiger partial charge on any atom is -0.223 e. The van der Waals surface area contributed by atoms with Crippen LogP contribution >= 0.6 is 0 Å². The fourth-order valence-electron chi connectivity index (χ4n) is 4.53. The second-order valence-electron chi connectivity index (χ2n) is 8.26. The summed E-state index contributed by atoms with van der Waals surface area (Å²) in [7, 11) is 0. The molecule has 3 saturated heterocycles. The Balaban J connectivity index is 1.91. The van der Waals surface area contributed by atoms with Gasteiger partial charge in [0.2, 0.25) is 0 Å². The Labute approximate surface area is 131 Å². The van der Waals surface area contributed by atoms with Crippen molar-refractivity contribution in [2.75, 3.05) is 13.1 Å². The van der Waals surface area contributed by atoms with Gasteiger partial charge in [-0.25, -0.2) is 10.0 Å².